The molecule has 1 heterocycles. The van der Waals surface area contributed by atoms with Gasteiger partial charge in [-0.1, -0.05) is 12.2 Å². The normalized spacial score (nSPS) is 29.0. The molecule has 14 heavy (non-hydrogen) atoms. The molecule has 1 saturated heterocycles. The molecule has 1 aliphatic heterocycles. The lowest BCUT2D eigenvalue weighted by atomic mass is 9.94. The van der Waals surface area contributed by atoms with Gasteiger partial charge in [0.15, 0.2) is 5.78 Å². The van der Waals surface area contributed by atoms with Gasteiger partial charge >= 0.3 is 0 Å². The zero-order valence-corrected chi connectivity index (χ0v) is 8.92. The van der Waals surface area contributed by atoms with E-state index in [4.69, 9.17) is 0 Å². The first-order valence-corrected chi connectivity index (χ1v) is 5.31. The van der Waals surface area contributed by atoms with E-state index in [1.807, 2.05) is 0 Å². The largest absolute Gasteiger partial charge is 0.299 e. The summed E-state index contributed by atoms with van der Waals surface area (Å²) in [5.74, 6) is 0.327. The fourth-order valence-corrected chi connectivity index (χ4v) is 2.13. The highest BCUT2D eigenvalue weighted by Gasteiger charge is 2.25. The first-order valence-electron chi connectivity index (χ1n) is 5.31. The van der Waals surface area contributed by atoms with Crippen molar-refractivity contribution < 1.29 is 4.79 Å². The van der Waals surface area contributed by atoms with E-state index in [1.165, 1.54) is 5.57 Å². The summed E-state index contributed by atoms with van der Waals surface area (Å²) in [5, 5.41) is 0. The molecule has 0 saturated carbocycles. The van der Waals surface area contributed by atoms with Gasteiger partial charge in [-0.3, -0.25) is 9.69 Å². The number of hydrogen-bond acceptors (Lipinski definition) is 2. The van der Waals surface area contributed by atoms with Crippen LogP contribution < -0.4 is 0 Å². The highest BCUT2D eigenvalue weighted by Crippen LogP contribution is 2.26. The first kappa shape index (κ1) is 9.66. The molecule has 0 aromatic rings. The molecular formula is C12H17NO. The Morgan fingerprint density at radius 2 is 2.07 bits per heavy atom. The molecule has 1 fully saturated rings. The number of carbonyl (C=O) groups excluding carboxylic acids is 1. The molecule has 0 bridgehead atoms. The average Bonchev–Trinajstić information content (AvgIpc) is 2.27. The number of allylic oxidation sites excluding steroid dienone is 2. The Bertz CT molecular complexity index is 314. The maximum absolute atomic E-state index is 11.9. The maximum atomic E-state index is 11.9. The van der Waals surface area contributed by atoms with Crippen molar-refractivity contribution in [3.05, 3.63) is 23.3 Å². The summed E-state index contributed by atoms with van der Waals surface area (Å²) in [6.45, 7) is 3.05. The Kier molecular flexibility index (Phi) is 2.55. The number of likely N-dealkylation sites (tertiary alicyclic amines) is 1. The van der Waals surface area contributed by atoms with E-state index in [9.17, 15) is 4.79 Å². The summed E-state index contributed by atoms with van der Waals surface area (Å²) in [7, 11) is 2.09. The summed E-state index contributed by atoms with van der Waals surface area (Å²) in [5.41, 5.74) is 2.24. The average molecular weight is 191 g/mol. The molecule has 0 N–H and O–H groups in total. The van der Waals surface area contributed by atoms with Crippen LogP contribution in [0.1, 0.15) is 26.2 Å². The summed E-state index contributed by atoms with van der Waals surface area (Å²) in [4.78, 5) is 14.1. The number of fused-ring (bicyclic) bond motifs is 1. The predicted octanol–water partition coefficient (Wildman–Crippen LogP) is 1.93. The third-order valence-electron chi connectivity index (χ3n) is 3.21. The monoisotopic (exact) mass is 191 g/mol. The third-order valence-corrected chi connectivity index (χ3v) is 3.21. The number of ketones is 1. The lowest BCUT2D eigenvalue weighted by Crippen LogP contribution is -2.29. The van der Waals surface area contributed by atoms with Gasteiger partial charge < -0.3 is 0 Å². The minimum atomic E-state index is 0.327. The molecule has 0 amide bonds. The lowest BCUT2D eigenvalue weighted by Gasteiger charge is -2.21. The SMILES string of the molecule is C[C@@H]1CC(=O)C2=CCCC=C2CN1C. The molecule has 0 unspecified atom stereocenters. The molecule has 0 radical (unpaired) electrons. The molecule has 0 spiro atoms. The van der Waals surface area contributed by atoms with Gasteiger partial charge in [-0.25, -0.2) is 0 Å². The van der Waals surface area contributed by atoms with Gasteiger partial charge in [0.2, 0.25) is 0 Å². The van der Waals surface area contributed by atoms with Gasteiger partial charge in [-0.2, -0.15) is 0 Å². The minimum absolute atomic E-state index is 0.327. The number of rotatable bonds is 0. The fraction of sp³-hybridized carbons (Fsp3) is 0.583. The Morgan fingerprint density at radius 3 is 2.86 bits per heavy atom. The standard InChI is InChI=1S/C12H17NO/c1-9-7-12(14)11-6-4-3-5-10(11)8-13(9)2/h5-6,9H,3-4,7-8H2,1-2H3/t9-/m1/s1. The van der Waals surface area contributed by atoms with Crippen LogP contribution in [0.25, 0.3) is 0 Å². The molecule has 0 aromatic carbocycles. The maximum Gasteiger partial charge on any atom is 0.164 e. The fourth-order valence-electron chi connectivity index (χ4n) is 2.13. The third kappa shape index (κ3) is 1.67. The number of hydrogen-bond donors (Lipinski definition) is 0. The molecular weight excluding hydrogens is 174 g/mol. The van der Waals surface area contributed by atoms with Gasteiger partial charge in [-0.05, 0) is 32.4 Å². The topological polar surface area (TPSA) is 20.3 Å². The van der Waals surface area contributed by atoms with Crippen LogP contribution in [0.3, 0.4) is 0 Å². The van der Waals surface area contributed by atoms with Crippen molar-refractivity contribution in [2.45, 2.75) is 32.2 Å². The Labute approximate surface area is 85.3 Å². The second-order valence-corrected chi connectivity index (χ2v) is 4.32. The Hall–Kier alpha value is -0.890. The number of nitrogens with zero attached hydrogens (tertiary/aromatic N) is 1. The van der Waals surface area contributed by atoms with E-state index < -0.39 is 0 Å². The van der Waals surface area contributed by atoms with Crippen LogP contribution in [0.15, 0.2) is 23.3 Å². The molecule has 2 heteroatoms. The van der Waals surface area contributed by atoms with Gasteiger partial charge in [0.1, 0.15) is 0 Å². The summed E-state index contributed by atoms with van der Waals surface area (Å²) in [6, 6.07) is 0.370. The van der Waals surface area contributed by atoms with Crippen molar-refractivity contribution in [1.82, 2.24) is 4.90 Å². The summed E-state index contributed by atoms with van der Waals surface area (Å²) in [6.07, 6.45) is 7.13. The Balaban J connectivity index is 2.31. The second-order valence-electron chi connectivity index (χ2n) is 4.32. The number of likely N-dealkylation sites (N-methyl/N-ethyl adjacent to an activating group) is 1. The summed E-state index contributed by atoms with van der Waals surface area (Å²) >= 11 is 0. The van der Waals surface area contributed by atoms with Gasteiger partial charge in [0, 0.05) is 24.6 Å². The van der Waals surface area contributed by atoms with Crippen LogP contribution in [0.2, 0.25) is 0 Å². The Morgan fingerprint density at radius 1 is 1.36 bits per heavy atom. The van der Waals surface area contributed by atoms with Crippen LogP contribution in [0.4, 0.5) is 0 Å². The van der Waals surface area contributed by atoms with Crippen LogP contribution in [-0.2, 0) is 4.79 Å². The van der Waals surface area contributed by atoms with E-state index >= 15 is 0 Å². The van der Waals surface area contributed by atoms with E-state index in [2.05, 4.69) is 31.0 Å². The van der Waals surface area contributed by atoms with Crippen LogP contribution in [0.5, 0.6) is 0 Å². The smallest absolute Gasteiger partial charge is 0.164 e. The van der Waals surface area contributed by atoms with E-state index in [0.717, 1.165) is 25.0 Å². The highest BCUT2D eigenvalue weighted by atomic mass is 16.1. The van der Waals surface area contributed by atoms with Crippen LogP contribution in [-0.4, -0.2) is 30.3 Å². The van der Waals surface area contributed by atoms with Crippen LogP contribution in [0, 0.1) is 0 Å². The second kappa shape index (κ2) is 3.70. The molecule has 2 aliphatic rings. The zero-order valence-electron chi connectivity index (χ0n) is 8.92. The molecule has 1 aliphatic carbocycles. The van der Waals surface area contributed by atoms with Gasteiger partial charge in [0.05, 0.1) is 0 Å². The van der Waals surface area contributed by atoms with E-state index in [0.29, 0.717) is 18.2 Å². The van der Waals surface area contributed by atoms with Crippen molar-refractivity contribution in [3.8, 4) is 0 Å². The van der Waals surface area contributed by atoms with Crippen LogP contribution >= 0.6 is 0 Å². The molecule has 2 rings (SSSR count). The molecule has 1 atom stereocenters. The highest BCUT2D eigenvalue weighted by molar-refractivity contribution is 6.00. The molecule has 76 valence electrons. The number of Topliss-reactive ketones (excluding diaryl/α,β-unsaturated/α-hetero) is 1. The molecule has 0 aromatic heterocycles. The molecule has 2 nitrogen and oxygen atoms in total. The zero-order chi connectivity index (χ0) is 10.1. The van der Waals surface area contributed by atoms with Gasteiger partial charge in [-0.15, -0.1) is 0 Å². The van der Waals surface area contributed by atoms with E-state index in [-0.39, 0.29) is 0 Å². The van der Waals surface area contributed by atoms with Crippen molar-refractivity contribution in [2.75, 3.05) is 13.6 Å². The lowest BCUT2D eigenvalue weighted by molar-refractivity contribution is -0.115. The number of carbonyl (C=O) groups is 1. The van der Waals surface area contributed by atoms with Crippen molar-refractivity contribution in [3.63, 3.8) is 0 Å². The quantitative estimate of drug-likeness (QED) is 0.583. The van der Waals surface area contributed by atoms with E-state index in [1.54, 1.807) is 0 Å². The van der Waals surface area contributed by atoms with Gasteiger partial charge in [0.25, 0.3) is 0 Å². The van der Waals surface area contributed by atoms with Crippen molar-refractivity contribution in [2.24, 2.45) is 0 Å². The summed E-state index contributed by atoms with van der Waals surface area (Å²) < 4.78 is 0. The predicted molar refractivity (Wildman–Crippen MR) is 57.1 cm³/mol. The first-order chi connectivity index (χ1) is 6.68. The minimum Gasteiger partial charge on any atom is -0.299 e. The van der Waals surface area contributed by atoms with Crippen molar-refractivity contribution >= 4 is 5.78 Å². The van der Waals surface area contributed by atoms with Crippen molar-refractivity contribution in [1.29, 1.82) is 0 Å².